The Bertz CT molecular complexity index is 632. The summed E-state index contributed by atoms with van der Waals surface area (Å²) in [6.45, 7) is 3.66. The zero-order valence-corrected chi connectivity index (χ0v) is 14.8. The minimum absolute atomic E-state index is 0.0645. The molecule has 0 spiro atoms. The number of hydrogen-bond donors (Lipinski definition) is 3. The summed E-state index contributed by atoms with van der Waals surface area (Å²) in [6.07, 6.45) is 4.58. The lowest BCUT2D eigenvalue weighted by Crippen LogP contribution is -2.51. The minimum Gasteiger partial charge on any atom is -0.494 e. The van der Waals surface area contributed by atoms with Gasteiger partial charge in [0.1, 0.15) is 5.75 Å². The second-order valence-electron chi connectivity index (χ2n) is 6.88. The number of rotatable bonds is 6. The van der Waals surface area contributed by atoms with Gasteiger partial charge in [0.2, 0.25) is 11.8 Å². The quantitative estimate of drug-likeness (QED) is 0.689. The molecule has 0 aliphatic carbocycles. The van der Waals surface area contributed by atoms with Gasteiger partial charge >= 0.3 is 0 Å². The van der Waals surface area contributed by atoms with Crippen LogP contribution in [-0.2, 0) is 16.0 Å². The Kier molecular flexibility index (Phi) is 5.91. The van der Waals surface area contributed by atoms with Gasteiger partial charge in [-0.1, -0.05) is 0 Å². The van der Waals surface area contributed by atoms with E-state index in [0.717, 1.165) is 42.8 Å². The molecule has 1 fully saturated rings. The predicted molar refractivity (Wildman–Crippen MR) is 96.8 cm³/mol. The summed E-state index contributed by atoms with van der Waals surface area (Å²) in [5.41, 5.74) is 1.98. The molecule has 3 rings (SSSR count). The fraction of sp³-hybridized carbons (Fsp3) is 0.579. The molecule has 0 aromatic heterocycles. The first kappa shape index (κ1) is 17.7. The van der Waals surface area contributed by atoms with Crippen molar-refractivity contribution < 1.29 is 14.3 Å². The molecule has 1 aromatic rings. The average molecular weight is 345 g/mol. The van der Waals surface area contributed by atoms with Gasteiger partial charge in [-0.2, -0.15) is 0 Å². The number of benzene rings is 1. The SMILES string of the molecule is CC1NCCCC1NC(=O)CCCOc1ccc2c(c1)CCC(=O)N2. The van der Waals surface area contributed by atoms with Gasteiger partial charge in [-0.05, 0) is 62.9 Å². The van der Waals surface area contributed by atoms with Crippen LogP contribution in [0.25, 0.3) is 0 Å². The Morgan fingerprint density at radius 2 is 2.24 bits per heavy atom. The lowest BCUT2D eigenvalue weighted by molar-refractivity contribution is -0.122. The second-order valence-corrected chi connectivity index (χ2v) is 6.88. The summed E-state index contributed by atoms with van der Waals surface area (Å²) in [5, 5.41) is 9.36. The van der Waals surface area contributed by atoms with Crippen LogP contribution in [0.4, 0.5) is 5.69 Å². The summed E-state index contributed by atoms with van der Waals surface area (Å²) < 4.78 is 5.76. The van der Waals surface area contributed by atoms with Crippen LogP contribution in [0.2, 0.25) is 0 Å². The van der Waals surface area contributed by atoms with Crippen LogP contribution in [0.1, 0.15) is 44.6 Å². The molecule has 6 heteroatoms. The van der Waals surface area contributed by atoms with Crippen molar-refractivity contribution in [3.63, 3.8) is 0 Å². The number of fused-ring (bicyclic) bond motifs is 1. The summed E-state index contributed by atoms with van der Waals surface area (Å²) in [5.74, 6) is 0.951. The van der Waals surface area contributed by atoms with E-state index in [1.165, 1.54) is 0 Å². The molecule has 1 aromatic carbocycles. The molecule has 2 amide bonds. The normalized spacial score (nSPS) is 22.7. The highest BCUT2D eigenvalue weighted by Gasteiger charge is 2.22. The second kappa shape index (κ2) is 8.34. The Labute approximate surface area is 148 Å². The van der Waals surface area contributed by atoms with Gasteiger partial charge in [0.25, 0.3) is 0 Å². The first-order valence-electron chi connectivity index (χ1n) is 9.20. The van der Waals surface area contributed by atoms with E-state index >= 15 is 0 Å². The first-order chi connectivity index (χ1) is 12.1. The minimum atomic E-state index is 0.0645. The average Bonchev–Trinajstić information content (AvgIpc) is 2.61. The van der Waals surface area contributed by atoms with Gasteiger partial charge in [-0.25, -0.2) is 0 Å². The van der Waals surface area contributed by atoms with Crippen LogP contribution in [0.15, 0.2) is 18.2 Å². The van der Waals surface area contributed by atoms with Crippen molar-refractivity contribution in [3.05, 3.63) is 23.8 Å². The number of ether oxygens (including phenoxy) is 1. The topological polar surface area (TPSA) is 79.5 Å². The highest BCUT2D eigenvalue weighted by molar-refractivity contribution is 5.94. The van der Waals surface area contributed by atoms with Gasteiger partial charge in [0, 0.05) is 30.6 Å². The van der Waals surface area contributed by atoms with Crippen LogP contribution >= 0.6 is 0 Å². The van der Waals surface area contributed by atoms with E-state index in [0.29, 0.717) is 31.9 Å². The summed E-state index contributed by atoms with van der Waals surface area (Å²) in [4.78, 5) is 23.4. The number of amides is 2. The molecule has 2 aliphatic heterocycles. The van der Waals surface area contributed by atoms with Crippen LogP contribution in [0.5, 0.6) is 5.75 Å². The standard InChI is InChI=1S/C19H27N3O3/c1-13-16(4-2-10-20-13)21-18(23)5-3-11-25-15-7-8-17-14(12-15)6-9-19(24)22-17/h7-8,12-13,16,20H,2-6,9-11H2,1H3,(H,21,23)(H,22,24). The van der Waals surface area contributed by atoms with Crippen LogP contribution < -0.4 is 20.7 Å². The third kappa shape index (κ3) is 4.95. The van der Waals surface area contributed by atoms with E-state index < -0.39 is 0 Å². The Morgan fingerprint density at radius 1 is 1.36 bits per heavy atom. The molecule has 0 radical (unpaired) electrons. The van der Waals surface area contributed by atoms with Crippen LogP contribution in [0.3, 0.4) is 0 Å². The third-order valence-electron chi connectivity index (χ3n) is 4.90. The molecule has 25 heavy (non-hydrogen) atoms. The molecule has 3 N–H and O–H groups in total. The predicted octanol–water partition coefficient (Wildman–Crippen LogP) is 1.99. The van der Waals surface area contributed by atoms with E-state index in [-0.39, 0.29) is 17.9 Å². The fourth-order valence-corrected chi connectivity index (χ4v) is 3.39. The summed E-state index contributed by atoms with van der Waals surface area (Å²) >= 11 is 0. The number of nitrogens with one attached hydrogen (secondary N) is 3. The van der Waals surface area contributed by atoms with Gasteiger partial charge in [-0.15, -0.1) is 0 Å². The maximum absolute atomic E-state index is 12.1. The lowest BCUT2D eigenvalue weighted by atomic mass is 10.00. The van der Waals surface area contributed by atoms with E-state index in [1.54, 1.807) is 0 Å². The van der Waals surface area contributed by atoms with E-state index in [9.17, 15) is 9.59 Å². The van der Waals surface area contributed by atoms with Crippen molar-refractivity contribution in [2.24, 2.45) is 0 Å². The maximum atomic E-state index is 12.1. The monoisotopic (exact) mass is 345 g/mol. The van der Waals surface area contributed by atoms with Crippen molar-refractivity contribution in [1.29, 1.82) is 0 Å². The van der Waals surface area contributed by atoms with Crippen molar-refractivity contribution in [2.75, 3.05) is 18.5 Å². The highest BCUT2D eigenvalue weighted by atomic mass is 16.5. The molecule has 1 saturated heterocycles. The fourth-order valence-electron chi connectivity index (χ4n) is 3.39. The molecular formula is C19H27N3O3. The highest BCUT2D eigenvalue weighted by Crippen LogP contribution is 2.26. The summed E-state index contributed by atoms with van der Waals surface area (Å²) in [6, 6.07) is 6.29. The Hall–Kier alpha value is -2.08. The smallest absolute Gasteiger partial charge is 0.224 e. The van der Waals surface area contributed by atoms with Crippen molar-refractivity contribution >= 4 is 17.5 Å². The summed E-state index contributed by atoms with van der Waals surface area (Å²) in [7, 11) is 0. The van der Waals surface area contributed by atoms with Crippen molar-refractivity contribution in [1.82, 2.24) is 10.6 Å². The Balaban J connectivity index is 1.38. The lowest BCUT2D eigenvalue weighted by Gasteiger charge is -2.30. The number of aryl methyl sites for hydroxylation is 1. The Morgan fingerprint density at radius 3 is 3.08 bits per heavy atom. The molecule has 2 aliphatic rings. The largest absolute Gasteiger partial charge is 0.494 e. The van der Waals surface area contributed by atoms with Crippen LogP contribution in [-0.4, -0.2) is 37.0 Å². The molecule has 136 valence electrons. The van der Waals surface area contributed by atoms with Gasteiger partial charge in [0.05, 0.1) is 6.61 Å². The number of hydrogen-bond acceptors (Lipinski definition) is 4. The van der Waals surface area contributed by atoms with E-state index in [2.05, 4.69) is 22.9 Å². The van der Waals surface area contributed by atoms with Crippen molar-refractivity contribution in [3.8, 4) is 5.75 Å². The molecule has 2 heterocycles. The van der Waals surface area contributed by atoms with Gasteiger partial charge in [-0.3, -0.25) is 9.59 Å². The van der Waals surface area contributed by atoms with Gasteiger partial charge in [0.15, 0.2) is 0 Å². The van der Waals surface area contributed by atoms with Gasteiger partial charge < -0.3 is 20.7 Å². The number of piperidine rings is 1. The van der Waals surface area contributed by atoms with E-state index in [1.807, 2.05) is 18.2 Å². The number of carbonyl (C=O) groups excluding carboxylic acids is 2. The van der Waals surface area contributed by atoms with E-state index in [4.69, 9.17) is 4.74 Å². The molecule has 2 unspecified atom stereocenters. The zero-order chi connectivity index (χ0) is 17.6. The maximum Gasteiger partial charge on any atom is 0.224 e. The third-order valence-corrected chi connectivity index (χ3v) is 4.90. The van der Waals surface area contributed by atoms with Crippen molar-refractivity contribution in [2.45, 2.75) is 57.5 Å². The molecule has 6 nitrogen and oxygen atoms in total. The molecule has 0 bridgehead atoms. The number of anilines is 1. The number of carbonyl (C=O) groups is 2. The van der Waals surface area contributed by atoms with Crippen LogP contribution in [0, 0.1) is 0 Å². The zero-order valence-electron chi connectivity index (χ0n) is 14.8. The molecule has 0 saturated carbocycles. The molecular weight excluding hydrogens is 318 g/mol. The first-order valence-corrected chi connectivity index (χ1v) is 9.20. The molecule has 2 atom stereocenters.